The van der Waals surface area contributed by atoms with Crippen LogP contribution in [0, 0.1) is 0 Å². The maximum atomic E-state index is 11.8. The molecule has 1 aromatic carbocycles. The number of carbonyl (C=O) groups is 2. The average molecular weight is 288 g/mol. The minimum Gasteiger partial charge on any atom is -0.477 e. The van der Waals surface area contributed by atoms with Gasteiger partial charge in [-0.3, -0.25) is 4.79 Å². The van der Waals surface area contributed by atoms with Crippen LogP contribution < -0.4 is 5.32 Å². The number of carboxylic acid groups (broad SMARTS) is 1. The smallest absolute Gasteiger partial charge is 0.354 e. The summed E-state index contributed by atoms with van der Waals surface area (Å²) in [6.45, 7) is 0. The van der Waals surface area contributed by atoms with Gasteiger partial charge in [-0.2, -0.15) is 0 Å². The molecule has 0 spiro atoms. The Morgan fingerprint density at radius 1 is 1.20 bits per heavy atom. The monoisotopic (exact) mass is 288 g/mol. The van der Waals surface area contributed by atoms with Crippen molar-refractivity contribution < 1.29 is 14.7 Å². The van der Waals surface area contributed by atoms with Crippen molar-refractivity contribution in [3.05, 3.63) is 54.4 Å². The third-order valence-corrected chi connectivity index (χ3v) is 3.39. The fourth-order valence-corrected chi connectivity index (χ4v) is 2.21. The molecule has 0 bridgehead atoms. The van der Waals surface area contributed by atoms with Crippen molar-refractivity contribution in [2.75, 3.05) is 11.1 Å². The first-order valence-corrected chi connectivity index (χ1v) is 6.81. The van der Waals surface area contributed by atoms with Crippen LogP contribution in [-0.4, -0.2) is 27.7 Å². The molecule has 0 aliphatic carbocycles. The summed E-state index contributed by atoms with van der Waals surface area (Å²) in [6, 6.07) is 12.4. The van der Waals surface area contributed by atoms with Crippen LogP contribution in [0.15, 0.2) is 53.6 Å². The Hall–Kier alpha value is -2.34. The zero-order valence-electron chi connectivity index (χ0n) is 10.4. The third-order valence-electron chi connectivity index (χ3n) is 2.38. The lowest BCUT2D eigenvalue weighted by Gasteiger charge is -2.05. The van der Waals surface area contributed by atoms with Gasteiger partial charge in [0.05, 0.1) is 5.75 Å². The molecule has 2 rings (SSSR count). The zero-order chi connectivity index (χ0) is 14.4. The molecule has 0 unspecified atom stereocenters. The average Bonchev–Trinajstić information content (AvgIpc) is 2.46. The number of amides is 1. The van der Waals surface area contributed by atoms with Crippen LogP contribution >= 0.6 is 11.8 Å². The van der Waals surface area contributed by atoms with Gasteiger partial charge in [-0.15, -0.1) is 11.8 Å². The number of carboxylic acids is 1. The maximum absolute atomic E-state index is 11.8. The van der Waals surface area contributed by atoms with E-state index in [4.69, 9.17) is 5.11 Å². The molecule has 5 nitrogen and oxygen atoms in total. The van der Waals surface area contributed by atoms with E-state index in [9.17, 15) is 9.59 Å². The minimum absolute atomic E-state index is 0.0986. The number of thioether (sulfide) groups is 1. The molecule has 0 radical (unpaired) electrons. The lowest BCUT2D eigenvalue weighted by molar-refractivity contribution is -0.113. The van der Waals surface area contributed by atoms with Crippen molar-refractivity contribution in [2.24, 2.45) is 0 Å². The van der Waals surface area contributed by atoms with Crippen LogP contribution in [-0.2, 0) is 4.79 Å². The lowest BCUT2D eigenvalue weighted by atomic mass is 10.3. The first kappa shape index (κ1) is 14.1. The van der Waals surface area contributed by atoms with E-state index in [1.807, 2.05) is 30.3 Å². The number of pyridine rings is 1. The Labute approximate surface area is 120 Å². The van der Waals surface area contributed by atoms with Crippen LogP contribution in [0.1, 0.15) is 10.5 Å². The van der Waals surface area contributed by atoms with Crippen molar-refractivity contribution in [3.63, 3.8) is 0 Å². The van der Waals surface area contributed by atoms with Crippen molar-refractivity contribution in [2.45, 2.75) is 4.90 Å². The predicted octanol–water partition coefficient (Wildman–Crippen LogP) is 2.51. The van der Waals surface area contributed by atoms with E-state index in [1.54, 1.807) is 6.07 Å². The summed E-state index contributed by atoms with van der Waals surface area (Å²) in [4.78, 5) is 27.2. The standard InChI is InChI=1S/C14H12N2O3S/c17-13(9-20-11-4-2-1-3-5-11)16-10-6-7-15-12(8-10)14(18)19/h1-8H,9H2,(H,18,19)(H,15,16,17). The summed E-state index contributed by atoms with van der Waals surface area (Å²) >= 11 is 1.41. The first-order valence-electron chi connectivity index (χ1n) is 5.82. The van der Waals surface area contributed by atoms with Gasteiger partial charge in [-0.1, -0.05) is 18.2 Å². The Balaban J connectivity index is 1.91. The number of hydrogen-bond acceptors (Lipinski definition) is 4. The molecule has 102 valence electrons. The van der Waals surface area contributed by atoms with E-state index in [-0.39, 0.29) is 17.4 Å². The van der Waals surface area contributed by atoms with Crippen LogP contribution in [0.25, 0.3) is 0 Å². The molecular formula is C14H12N2O3S. The Kier molecular flexibility index (Phi) is 4.73. The summed E-state index contributed by atoms with van der Waals surface area (Å²) in [5.74, 6) is -1.06. The Morgan fingerprint density at radius 2 is 1.95 bits per heavy atom. The molecule has 2 aromatic rings. The van der Waals surface area contributed by atoms with E-state index in [0.717, 1.165) is 4.90 Å². The van der Waals surface area contributed by atoms with Crippen LogP contribution in [0.4, 0.5) is 5.69 Å². The first-order chi connectivity index (χ1) is 9.65. The van der Waals surface area contributed by atoms with Crippen molar-refractivity contribution >= 4 is 29.3 Å². The number of rotatable bonds is 5. The second-order valence-electron chi connectivity index (χ2n) is 3.88. The number of aromatic nitrogens is 1. The van der Waals surface area contributed by atoms with Crippen molar-refractivity contribution in [3.8, 4) is 0 Å². The molecule has 0 atom stereocenters. The second kappa shape index (κ2) is 6.72. The highest BCUT2D eigenvalue weighted by Gasteiger charge is 2.07. The Bertz CT molecular complexity index is 617. The molecule has 20 heavy (non-hydrogen) atoms. The van der Waals surface area contributed by atoms with E-state index in [0.29, 0.717) is 5.69 Å². The third kappa shape index (κ3) is 4.10. The molecule has 2 N–H and O–H groups in total. The highest BCUT2D eigenvalue weighted by Crippen LogP contribution is 2.17. The quantitative estimate of drug-likeness (QED) is 0.826. The van der Waals surface area contributed by atoms with Crippen LogP contribution in [0.2, 0.25) is 0 Å². The SMILES string of the molecule is O=C(CSc1ccccc1)Nc1ccnc(C(=O)O)c1. The largest absolute Gasteiger partial charge is 0.477 e. The molecule has 1 heterocycles. The van der Waals surface area contributed by atoms with Gasteiger partial charge in [0.25, 0.3) is 0 Å². The van der Waals surface area contributed by atoms with Gasteiger partial charge in [0.15, 0.2) is 0 Å². The van der Waals surface area contributed by atoms with E-state index < -0.39 is 5.97 Å². The molecule has 1 aromatic heterocycles. The number of anilines is 1. The highest BCUT2D eigenvalue weighted by molar-refractivity contribution is 8.00. The number of carbonyl (C=O) groups excluding carboxylic acids is 1. The summed E-state index contributed by atoms with van der Waals surface area (Å²) in [7, 11) is 0. The van der Waals surface area contributed by atoms with Gasteiger partial charge in [0, 0.05) is 16.8 Å². The number of aromatic carboxylic acids is 1. The summed E-state index contributed by atoms with van der Waals surface area (Å²) in [6.07, 6.45) is 1.35. The van der Waals surface area contributed by atoms with Gasteiger partial charge < -0.3 is 10.4 Å². The molecule has 1 amide bonds. The number of nitrogens with zero attached hydrogens (tertiary/aromatic N) is 1. The molecule has 0 aliphatic heterocycles. The molecule has 0 aliphatic rings. The van der Waals surface area contributed by atoms with E-state index >= 15 is 0 Å². The van der Waals surface area contributed by atoms with E-state index in [2.05, 4.69) is 10.3 Å². The van der Waals surface area contributed by atoms with Crippen molar-refractivity contribution in [1.82, 2.24) is 4.98 Å². The second-order valence-corrected chi connectivity index (χ2v) is 4.93. The maximum Gasteiger partial charge on any atom is 0.354 e. The lowest BCUT2D eigenvalue weighted by Crippen LogP contribution is -2.14. The number of hydrogen-bond donors (Lipinski definition) is 2. The van der Waals surface area contributed by atoms with Gasteiger partial charge in [0.2, 0.25) is 5.91 Å². The topological polar surface area (TPSA) is 79.3 Å². The fourth-order valence-electron chi connectivity index (χ4n) is 1.49. The fraction of sp³-hybridized carbons (Fsp3) is 0.0714. The predicted molar refractivity (Wildman–Crippen MR) is 77.0 cm³/mol. The van der Waals surface area contributed by atoms with Crippen LogP contribution in [0.5, 0.6) is 0 Å². The summed E-state index contributed by atoms with van der Waals surface area (Å²) < 4.78 is 0. The van der Waals surface area contributed by atoms with Gasteiger partial charge in [-0.05, 0) is 24.3 Å². The molecule has 0 fully saturated rings. The molecular weight excluding hydrogens is 276 g/mol. The number of nitrogens with one attached hydrogen (secondary N) is 1. The molecule has 0 saturated carbocycles. The highest BCUT2D eigenvalue weighted by atomic mass is 32.2. The Morgan fingerprint density at radius 3 is 2.65 bits per heavy atom. The van der Waals surface area contributed by atoms with E-state index in [1.165, 1.54) is 24.0 Å². The summed E-state index contributed by atoms with van der Waals surface area (Å²) in [5, 5.41) is 11.5. The summed E-state index contributed by atoms with van der Waals surface area (Å²) in [5.41, 5.74) is 0.328. The van der Waals surface area contributed by atoms with Gasteiger partial charge in [0.1, 0.15) is 5.69 Å². The zero-order valence-corrected chi connectivity index (χ0v) is 11.3. The van der Waals surface area contributed by atoms with Gasteiger partial charge in [-0.25, -0.2) is 9.78 Å². The van der Waals surface area contributed by atoms with Crippen molar-refractivity contribution in [1.29, 1.82) is 0 Å². The molecule has 6 heteroatoms. The van der Waals surface area contributed by atoms with Gasteiger partial charge >= 0.3 is 5.97 Å². The van der Waals surface area contributed by atoms with Crippen LogP contribution in [0.3, 0.4) is 0 Å². The molecule has 0 saturated heterocycles. The normalized spacial score (nSPS) is 10.0. The number of benzene rings is 1. The minimum atomic E-state index is -1.13.